The lowest BCUT2D eigenvalue weighted by Gasteiger charge is -2.17. The lowest BCUT2D eigenvalue weighted by atomic mass is 10.1. The van der Waals surface area contributed by atoms with Crippen molar-refractivity contribution in [3.8, 4) is 0 Å². The van der Waals surface area contributed by atoms with Gasteiger partial charge in [0.2, 0.25) is 0 Å². The largest absolute Gasteiger partial charge is 0.337 e. The van der Waals surface area contributed by atoms with Crippen LogP contribution in [0.1, 0.15) is 21.6 Å². The smallest absolute Gasteiger partial charge is 0.254 e. The molecule has 1 aromatic carbocycles. The van der Waals surface area contributed by atoms with Gasteiger partial charge < -0.3 is 10.6 Å². The maximum absolute atomic E-state index is 12.3. The summed E-state index contributed by atoms with van der Waals surface area (Å²) in [5.74, 6) is -0.0675. The van der Waals surface area contributed by atoms with E-state index in [0.717, 1.165) is 5.56 Å². The molecule has 1 amide bonds. The van der Waals surface area contributed by atoms with Crippen LogP contribution in [0.25, 0.3) is 0 Å². The highest BCUT2D eigenvalue weighted by Gasteiger charge is 2.12. The summed E-state index contributed by atoms with van der Waals surface area (Å²) in [6.45, 7) is 0.818. The molecule has 1 aromatic heterocycles. The molecular formula is C15H16ClN3O. The summed E-state index contributed by atoms with van der Waals surface area (Å²) in [7, 11) is 1.76. The van der Waals surface area contributed by atoms with E-state index >= 15 is 0 Å². The van der Waals surface area contributed by atoms with E-state index in [1.165, 1.54) is 0 Å². The van der Waals surface area contributed by atoms with E-state index in [-0.39, 0.29) is 5.91 Å². The predicted octanol–water partition coefficient (Wildman–Crippen LogP) is 2.47. The Morgan fingerprint density at radius 3 is 2.85 bits per heavy atom. The number of hydrogen-bond acceptors (Lipinski definition) is 3. The number of aromatic nitrogens is 1. The molecule has 2 rings (SSSR count). The van der Waals surface area contributed by atoms with E-state index in [4.69, 9.17) is 17.3 Å². The average molecular weight is 290 g/mol. The minimum absolute atomic E-state index is 0.0675. The van der Waals surface area contributed by atoms with Crippen molar-refractivity contribution in [2.75, 3.05) is 7.05 Å². The highest BCUT2D eigenvalue weighted by molar-refractivity contribution is 6.30. The molecule has 0 atom stereocenters. The monoisotopic (exact) mass is 289 g/mol. The Balaban J connectivity index is 2.12. The van der Waals surface area contributed by atoms with Gasteiger partial charge in [0.25, 0.3) is 5.91 Å². The molecule has 0 aliphatic heterocycles. The van der Waals surface area contributed by atoms with Gasteiger partial charge in [-0.15, -0.1) is 0 Å². The van der Waals surface area contributed by atoms with Gasteiger partial charge in [-0.05, 0) is 29.8 Å². The number of carbonyl (C=O) groups excluding carboxylic acids is 1. The SMILES string of the molecule is CN(Cc1cccc(Cl)c1)C(=O)c1ccnc(CN)c1. The van der Waals surface area contributed by atoms with Crippen molar-refractivity contribution in [3.63, 3.8) is 0 Å². The van der Waals surface area contributed by atoms with Crippen LogP contribution in [0.5, 0.6) is 0 Å². The molecule has 0 radical (unpaired) electrons. The Bertz CT molecular complexity index is 616. The summed E-state index contributed by atoms with van der Waals surface area (Å²) < 4.78 is 0. The molecule has 0 unspecified atom stereocenters. The number of nitrogens with zero attached hydrogens (tertiary/aromatic N) is 2. The van der Waals surface area contributed by atoms with E-state index in [9.17, 15) is 4.79 Å². The molecule has 0 bridgehead atoms. The fourth-order valence-corrected chi connectivity index (χ4v) is 2.14. The predicted molar refractivity (Wildman–Crippen MR) is 79.4 cm³/mol. The number of halogens is 1. The zero-order valence-corrected chi connectivity index (χ0v) is 12.0. The number of nitrogens with two attached hydrogens (primary N) is 1. The van der Waals surface area contributed by atoms with Crippen LogP contribution in [0.4, 0.5) is 0 Å². The summed E-state index contributed by atoms with van der Waals surface area (Å²) in [6.07, 6.45) is 1.60. The molecule has 5 heteroatoms. The Morgan fingerprint density at radius 1 is 1.35 bits per heavy atom. The molecule has 0 aliphatic rings. The van der Waals surface area contributed by atoms with Crippen molar-refractivity contribution in [1.29, 1.82) is 0 Å². The molecule has 104 valence electrons. The summed E-state index contributed by atoms with van der Waals surface area (Å²) in [5.41, 5.74) is 7.81. The van der Waals surface area contributed by atoms with Crippen LogP contribution in [0, 0.1) is 0 Å². The molecule has 0 saturated carbocycles. The van der Waals surface area contributed by atoms with Crippen LogP contribution < -0.4 is 5.73 Å². The molecule has 0 saturated heterocycles. The lowest BCUT2D eigenvalue weighted by molar-refractivity contribution is 0.0785. The van der Waals surface area contributed by atoms with Crippen molar-refractivity contribution in [2.45, 2.75) is 13.1 Å². The fourth-order valence-electron chi connectivity index (χ4n) is 1.92. The molecule has 1 heterocycles. The van der Waals surface area contributed by atoms with E-state index in [1.54, 1.807) is 30.3 Å². The number of benzene rings is 1. The highest BCUT2D eigenvalue weighted by Crippen LogP contribution is 2.13. The van der Waals surface area contributed by atoms with E-state index in [1.807, 2.05) is 24.3 Å². The van der Waals surface area contributed by atoms with Gasteiger partial charge in [0, 0.05) is 36.9 Å². The number of amides is 1. The average Bonchev–Trinajstić information content (AvgIpc) is 2.46. The fraction of sp³-hybridized carbons (Fsp3) is 0.200. The Kier molecular flexibility index (Phi) is 4.71. The second-order valence-electron chi connectivity index (χ2n) is 4.53. The van der Waals surface area contributed by atoms with Crippen molar-refractivity contribution < 1.29 is 4.79 Å². The van der Waals surface area contributed by atoms with Crippen LogP contribution in [0.3, 0.4) is 0 Å². The first kappa shape index (κ1) is 14.5. The quantitative estimate of drug-likeness (QED) is 0.940. The maximum atomic E-state index is 12.3. The first-order chi connectivity index (χ1) is 9.60. The Morgan fingerprint density at radius 2 is 2.15 bits per heavy atom. The minimum atomic E-state index is -0.0675. The molecule has 2 N–H and O–H groups in total. The summed E-state index contributed by atoms with van der Waals surface area (Å²) in [6, 6.07) is 10.9. The third-order valence-corrected chi connectivity index (χ3v) is 3.16. The second-order valence-corrected chi connectivity index (χ2v) is 4.97. The van der Waals surface area contributed by atoms with E-state index < -0.39 is 0 Å². The molecule has 4 nitrogen and oxygen atoms in total. The van der Waals surface area contributed by atoms with Crippen LogP contribution in [0.15, 0.2) is 42.6 Å². The highest BCUT2D eigenvalue weighted by atomic mass is 35.5. The molecular weight excluding hydrogens is 274 g/mol. The zero-order valence-electron chi connectivity index (χ0n) is 11.2. The van der Waals surface area contributed by atoms with Crippen molar-refractivity contribution in [3.05, 3.63) is 64.4 Å². The van der Waals surface area contributed by atoms with E-state index in [0.29, 0.717) is 29.4 Å². The number of rotatable bonds is 4. The summed E-state index contributed by atoms with van der Waals surface area (Å²) >= 11 is 5.94. The topological polar surface area (TPSA) is 59.2 Å². The van der Waals surface area contributed by atoms with E-state index in [2.05, 4.69) is 4.98 Å². The van der Waals surface area contributed by atoms with Crippen molar-refractivity contribution in [2.24, 2.45) is 5.73 Å². The van der Waals surface area contributed by atoms with Gasteiger partial charge in [-0.25, -0.2) is 0 Å². The first-order valence-corrected chi connectivity index (χ1v) is 6.63. The Hall–Kier alpha value is -1.91. The third kappa shape index (κ3) is 3.56. The van der Waals surface area contributed by atoms with Crippen LogP contribution in [0.2, 0.25) is 5.02 Å². The van der Waals surface area contributed by atoms with Gasteiger partial charge in [-0.2, -0.15) is 0 Å². The van der Waals surface area contributed by atoms with Crippen LogP contribution in [-0.4, -0.2) is 22.8 Å². The van der Waals surface area contributed by atoms with Gasteiger partial charge in [-0.3, -0.25) is 9.78 Å². The molecule has 0 aliphatic carbocycles. The van der Waals surface area contributed by atoms with Gasteiger partial charge in [0.15, 0.2) is 0 Å². The first-order valence-electron chi connectivity index (χ1n) is 6.25. The van der Waals surface area contributed by atoms with Crippen LogP contribution >= 0.6 is 11.6 Å². The van der Waals surface area contributed by atoms with Crippen LogP contribution in [-0.2, 0) is 13.1 Å². The van der Waals surface area contributed by atoms with Gasteiger partial charge in [0.1, 0.15) is 0 Å². The van der Waals surface area contributed by atoms with Crippen molar-refractivity contribution in [1.82, 2.24) is 9.88 Å². The lowest BCUT2D eigenvalue weighted by Crippen LogP contribution is -2.26. The maximum Gasteiger partial charge on any atom is 0.254 e. The standard InChI is InChI=1S/C15H16ClN3O/c1-19(10-11-3-2-4-13(16)7-11)15(20)12-5-6-18-14(8-12)9-17/h2-8H,9-10,17H2,1H3. The minimum Gasteiger partial charge on any atom is -0.337 e. The molecule has 2 aromatic rings. The third-order valence-electron chi connectivity index (χ3n) is 2.93. The second kappa shape index (κ2) is 6.50. The number of hydrogen-bond donors (Lipinski definition) is 1. The van der Waals surface area contributed by atoms with Gasteiger partial charge in [0.05, 0.1) is 5.69 Å². The normalized spacial score (nSPS) is 10.3. The molecule has 0 fully saturated rings. The zero-order chi connectivity index (χ0) is 14.5. The Labute approximate surface area is 123 Å². The number of carbonyl (C=O) groups is 1. The van der Waals surface area contributed by atoms with Gasteiger partial charge >= 0.3 is 0 Å². The summed E-state index contributed by atoms with van der Waals surface area (Å²) in [4.78, 5) is 18.0. The number of pyridine rings is 1. The van der Waals surface area contributed by atoms with Gasteiger partial charge in [-0.1, -0.05) is 23.7 Å². The molecule has 20 heavy (non-hydrogen) atoms. The molecule has 0 spiro atoms. The van der Waals surface area contributed by atoms with Crippen molar-refractivity contribution >= 4 is 17.5 Å². The summed E-state index contributed by atoms with van der Waals surface area (Å²) in [5, 5.41) is 0.665.